The number of aromatic carboxylic acids is 1. The Balaban J connectivity index is 1.55. The van der Waals surface area contributed by atoms with Crippen LogP contribution in [0.2, 0.25) is 10.0 Å². The normalized spacial score (nSPS) is 10.5. The second-order valence-corrected chi connectivity index (χ2v) is 8.81. The monoisotopic (exact) mass is 518 g/mol. The van der Waals surface area contributed by atoms with Crippen molar-refractivity contribution in [3.8, 4) is 0 Å². The molecule has 4 rings (SSSR count). The van der Waals surface area contributed by atoms with E-state index in [0.717, 1.165) is 5.69 Å². The molecule has 0 aliphatic rings. The van der Waals surface area contributed by atoms with Gasteiger partial charge in [-0.1, -0.05) is 29.3 Å². The molecule has 0 radical (unpaired) electrons. The van der Waals surface area contributed by atoms with Gasteiger partial charge in [0.1, 0.15) is 0 Å². The van der Waals surface area contributed by atoms with Crippen LogP contribution in [0, 0.1) is 0 Å². The number of nitrogens with one attached hydrogen (secondary N) is 1. The average molecular weight is 519 g/mol. The second kappa shape index (κ2) is 10.6. The van der Waals surface area contributed by atoms with Gasteiger partial charge in [-0.3, -0.25) is 9.59 Å². The SMILES string of the molecule is CN(c1ccc(Cl)cc1)c1ccc(C(=O)c2ccc(NC(=O)c3cccc(Cl)c3)cc2)c(C(=O)O)c1. The summed E-state index contributed by atoms with van der Waals surface area (Å²) in [5, 5.41) is 13.6. The lowest BCUT2D eigenvalue weighted by molar-refractivity contribution is 0.0692. The summed E-state index contributed by atoms with van der Waals surface area (Å²) < 4.78 is 0. The maximum atomic E-state index is 13.2. The molecule has 36 heavy (non-hydrogen) atoms. The highest BCUT2D eigenvalue weighted by molar-refractivity contribution is 6.31. The van der Waals surface area contributed by atoms with Crippen LogP contribution in [0.5, 0.6) is 0 Å². The van der Waals surface area contributed by atoms with Crippen LogP contribution < -0.4 is 10.2 Å². The van der Waals surface area contributed by atoms with Crippen LogP contribution in [0.15, 0.2) is 91.0 Å². The number of carboxylic acid groups (broad SMARTS) is 1. The van der Waals surface area contributed by atoms with Gasteiger partial charge in [0.05, 0.1) is 5.56 Å². The minimum atomic E-state index is -1.21. The van der Waals surface area contributed by atoms with Crippen molar-refractivity contribution in [3.05, 3.63) is 123 Å². The maximum absolute atomic E-state index is 13.2. The fourth-order valence-corrected chi connectivity index (χ4v) is 3.94. The summed E-state index contributed by atoms with van der Waals surface area (Å²) in [4.78, 5) is 39.4. The molecule has 0 atom stereocenters. The number of carbonyl (C=O) groups excluding carboxylic acids is 2. The fourth-order valence-electron chi connectivity index (χ4n) is 3.62. The molecule has 180 valence electrons. The fraction of sp³-hybridized carbons (Fsp3) is 0.0357. The smallest absolute Gasteiger partial charge is 0.336 e. The number of nitrogens with zero attached hydrogens (tertiary/aromatic N) is 1. The van der Waals surface area contributed by atoms with Gasteiger partial charge in [-0.05, 0) is 84.9 Å². The Bertz CT molecular complexity index is 1450. The topological polar surface area (TPSA) is 86.7 Å². The van der Waals surface area contributed by atoms with Crippen LogP contribution in [0.1, 0.15) is 36.6 Å². The number of rotatable bonds is 7. The van der Waals surface area contributed by atoms with Gasteiger partial charge >= 0.3 is 5.97 Å². The molecule has 0 bridgehead atoms. The number of carbonyl (C=O) groups is 3. The number of carboxylic acids is 1. The van der Waals surface area contributed by atoms with Crippen molar-refractivity contribution >= 4 is 57.9 Å². The summed E-state index contributed by atoms with van der Waals surface area (Å²) in [5.41, 5.74) is 2.53. The summed E-state index contributed by atoms with van der Waals surface area (Å²) in [7, 11) is 1.79. The molecule has 8 heteroatoms. The number of hydrogen-bond donors (Lipinski definition) is 2. The molecule has 0 heterocycles. The molecular formula is C28H20Cl2N2O4. The van der Waals surface area contributed by atoms with Gasteiger partial charge in [0.15, 0.2) is 5.78 Å². The number of ketones is 1. The molecule has 0 aliphatic carbocycles. The van der Waals surface area contributed by atoms with Gasteiger partial charge in [-0.25, -0.2) is 4.79 Å². The average Bonchev–Trinajstić information content (AvgIpc) is 2.88. The van der Waals surface area contributed by atoms with Crippen LogP contribution >= 0.6 is 23.2 Å². The third kappa shape index (κ3) is 5.57. The molecule has 0 aliphatic heterocycles. The van der Waals surface area contributed by atoms with Crippen LogP contribution in [0.4, 0.5) is 17.1 Å². The molecular weight excluding hydrogens is 499 g/mol. The van der Waals surface area contributed by atoms with Gasteiger partial charge in [-0.2, -0.15) is 0 Å². The lowest BCUT2D eigenvalue weighted by Gasteiger charge is -2.21. The number of benzene rings is 4. The number of hydrogen-bond acceptors (Lipinski definition) is 4. The lowest BCUT2D eigenvalue weighted by Crippen LogP contribution is -2.14. The van der Waals surface area contributed by atoms with Crippen molar-refractivity contribution in [2.45, 2.75) is 0 Å². The zero-order valence-electron chi connectivity index (χ0n) is 19.0. The second-order valence-electron chi connectivity index (χ2n) is 7.94. The molecule has 0 unspecified atom stereocenters. The van der Waals surface area contributed by atoms with E-state index in [2.05, 4.69) is 5.32 Å². The molecule has 2 N–H and O–H groups in total. The Morgan fingerprint density at radius 1 is 0.722 bits per heavy atom. The predicted octanol–water partition coefficient (Wildman–Crippen LogP) is 6.94. The number of anilines is 3. The molecule has 4 aromatic carbocycles. The first-order chi connectivity index (χ1) is 17.2. The van der Waals surface area contributed by atoms with E-state index in [1.807, 2.05) is 12.1 Å². The Kier molecular flexibility index (Phi) is 7.38. The quantitative estimate of drug-likeness (QED) is 0.258. The zero-order valence-corrected chi connectivity index (χ0v) is 20.5. The van der Waals surface area contributed by atoms with Gasteiger partial charge < -0.3 is 15.3 Å². The van der Waals surface area contributed by atoms with Crippen molar-refractivity contribution in [1.29, 1.82) is 0 Å². The van der Waals surface area contributed by atoms with Crippen molar-refractivity contribution in [3.63, 3.8) is 0 Å². The third-order valence-electron chi connectivity index (χ3n) is 5.57. The Morgan fingerprint density at radius 3 is 2.03 bits per heavy atom. The van der Waals surface area contributed by atoms with E-state index in [1.54, 1.807) is 66.5 Å². The van der Waals surface area contributed by atoms with Gasteiger partial charge in [0.2, 0.25) is 0 Å². The Hall–Kier alpha value is -4.13. The lowest BCUT2D eigenvalue weighted by atomic mass is 9.97. The Labute approximate surface area is 217 Å². The number of amides is 1. The molecule has 6 nitrogen and oxygen atoms in total. The molecule has 1 amide bonds. The molecule has 4 aromatic rings. The van der Waals surface area contributed by atoms with E-state index in [-0.39, 0.29) is 22.6 Å². The van der Waals surface area contributed by atoms with Crippen molar-refractivity contribution in [1.82, 2.24) is 0 Å². The first kappa shape index (κ1) is 25.0. The van der Waals surface area contributed by atoms with Crippen LogP contribution in [0.3, 0.4) is 0 Å². The summed E-state index contributed by atoms with van der Waals surface area (Å²) in [6, 6.07) is 24.5. The first-order valence-electron chi connectivity index (χ1n) is 10.8. The maximum Gasteiger partial charge on any atom is 0.336 e. The molecule has 0 spiro atoms. The predicted molar refractivity (Wildman–Crippen MR) is 142 cm³/mol. The van der Waals surface area contributed by atoms with E-state index >= 15 is 0 Å². The zero-order chi connectivity index (χ0) is 25.8. The van der Waals surface area contributed by atoms with E-state index < -0.39 is 11.8 Å². The van der Waals surface area contributed by atoms with E-state index in [0.29, 0.717) is 27.0 Å². The van der Waals surface area contributed by atoms with Crippen molar-refractivity contribution in [2.24, 2.45) is 0 Å². The highest BCUT2D eigenvalue weighted by Gasteiger charge is 2.20. The summed E-state index contributed by atoms with van der Waals surface area (Å²) in [6.45, 7) is 0. The van der Waals surface area contributed by atoms with E-state index in [1.165, 1.54) is 24.3 Å². The molecule has 0 aromatic heterocycles. The standard InChI is InChI=1S/C28H20Cl2N2O4/c1-32(22-11-7-19(29)8-12-22)23-13-14-24(25(16-23)28(35)36)26(33)17-5-9-21(10-6-17)31-27(34)18-3-2-4-20(30)15-18/h2-16H,1H3,(H,31,34)(H,35,36). The highest BCUT2D eigenvalue weighted by Crippen LogP contribution is 2.28. The van der Waals surface area contributed by atoms with Gasteiger partial charge in [0.25, 0.3) is 5.91 Å². The molecule has 0 saturated carbocycles. The van der Waals surface area contributed by atoms with E-state index in [9.17, 15) is 19.5 Å². The molecule has 0 fully saturated rings. The van der Waals surface area contributed by atoms with Crippen molar-refractivity contribution in [2.75, 3.05) is 17.3 Å². The van der Waals surface area contributed by atoms with E-state index in [4.69, 9.17) is 23.2 Å². The summed E-state index contributed by atoms with van der Waals surface area (Å²) >= 11 is 11.9. The largest absolute Gasteiger partial charge is 0.478 e. The minimum absolute atomic E-state index is 0.0615. The first-order valence-corrected chi connectivity index (χ1v) is 11.6. The Morgan fingerprint density at radius 2 is 1.39 bits per heavy atom. The molecule has 0 saturated heterocycles. The van der Waals surface area contributed by atoms with Crippen molar-refractivity contribution < 1.29 is 19.5 Å². The third-order valence-corrected chi connectivity index (χ3v) is 6.06. The minimum Gasteiger partial charge on any atom is -0.478 e. The summed E-state index contributed by atoms with van der Waals surface area (Å²) in [5.74, 6) is -2.00. The number of halogens is 2. The van der Waals surface area contributed by atoms with Crippen LogP contribution in [-0.2, 0) is 0 Å². The van der Waals surface area contributed by atoms with Crippen LogP contribution in [0.25, 0.3) is 0 Å². The van der Waals surface area contributed by atoms with Crippen LogP contribution in [-0.4, -0.2) is 29.8 Å². The van der Waals surface area contributed by atoms with Gasteiger partial charge in [-0.15, -0.1) is 0 Å². The summed E-state index contributed by atoms with van der Waals surface area (Å²) in [6.07, 6.45) is 0. The van der Waals surface area contributed by atoms with Gasteiger partial charge in [0, 0.05) is 50.8 Å². The highest BCUT2D eigenvalue weighted by atomic mass is 35.5.